The van der Waals surface area contributed by atoms with Crippen molar-refractivity contribution in [2.24, 2.45) is 0 Å². The average Bonchev–Trinajstić information content (AvgIpc) is 0.823. The van der Waals surface area contributed by atoms with Gasteiger partial charge in [0.1, 0.15) is 0 Å². The maximum Gasteiger partial charge on any atom is 0.336 e. The summed E-state index contributed by atoms with van der Waals surface area (Å²) in [5.41, 5.74) is 2.97. The number of nitrogens with zero attached hydrogens (tertiary/aromatic N) is 4. The Morgan fingerprint density at radius 3 is 1.02 bits per heavy atom. The highest BCUT2D eigenvalue weighted by atomic mass is 16.6. The van der Waals surface area contributed by atoms with E-state index in [1.165, 1.54) is 128 Å². The van der Waals surface area contributed by atoms with Gasteiger partial charge in [-0.05, 0) is 115 Å². The van der Waals surface area contributed by atoms with Crippen LogP contribution in [0.15, 0.2) is 115 Å². The molecule has 0 fully saturated rings. The highest BCUT2D eigenvalue weighted by Gasteiger charge is 2.24. The number of nitro benzene ring substituents is 4. The minimum absolute atomic E-state index is 0. The van der Waals surface area contributed by atoms with Crippen LogP contribution in [0.5, 0.6) is 0 Å². The fraction of sp³-hybridized carbons (Fsp3) is 0.413. The summed E-state index contributed by atoms with van der Waals surface area (Å²) >= 11 is 0. The molecule has 0 aliphatic heterocycles. The third-order valence-electron chi connectivity index (χ3n) is 14.5. The van der Waals surface area contributed by atoms with Crippen molar-refractivity contribution in [3.05, 3.63) is 228 Å². The van der Waals surface area contributed by atoms with Crippen LogP contribution in [-0.4, -0.2) is 108 Å². The third kappa shape index (κ3) is 44.4. The van der Waals surface area contributed by atoms with Crippen molar-refractivity contribution >= 4 is 70.5 Å². The molecule has 6 aromatic carbocycles. The monoisotopic (exact) mass is 1440 g/mol. The Hall–Kier alpha value is -11.3. The number of carbonyl (C=O) groups is 8. The molecule has 103 heavy (non-hydrogen) atoms. The van der Waals surface area contributed by atoms with Crippen molar-refractivity contribution in [2.75, 3.05) is 0 Å². The Morgan fingerprint density at radius 2 is 0.680 bits per heavy atom. The molecule has 566 valence electrons. The lowest BCUT2D eigenvalue weighted by molar-refractivity contribution is -0.394. The summed E-state index contributed by atoms with van der Waals surface area (Å²) in [6.07, 6.45) is 23.0. The Kier molecular flexibility index (Phi) is 52.8. The zero-order chi connectivity index (χ0) is 77.3. The minimum atomic E-state index is -1.44. The quantitative estimate of drug-likeness (QED) is 0.0118. The number of aryl methyl sites for hydroxylation is 5. The van der Waals surface area contributed by atoms with E-state index in [2.05, 4.69) is 13.8 Å². The van der Waals surface area contributed by atoms with Gasteiger partial charge in [-0.3, -0.25) is 50.0 Å². The van der Waals surface area contributed by atoms with Crippen molar-refractivity contribution in [3.63, 3.8) is 0 Å². The lowest BCUT2D eigenvalue weighted by Crippen LogP contribution is -2.04. The van der Waals surface area contributed by atoms with E-state index < -0.39 is 84.4 Å². The molecular weight excluding hydrogens is 1340 g/mol. The fourth-order valence-corrected chi connectivity index (χ4v) is 8.85. The molecule has 28 nitrogen and oxygen atoms in total. The maximum atomic E-state index is 10.7. The summed E-state index contributed by atoms with van der Waals surface area (Å²) in [6, 6.07) is 28.6. The first-order valence-electron chi connectivity index (χ1n) is 32.4. The van der Waals surface area contributed by atoms with Crippen LogP contribution in [0.3, 0.4) is 0 Å². The van der Waals surface area contributed by atoms with E-state index >= 15 is 0 Å². The molecule has 0 saturated heterocycles. The van der Waals surface area contributed by atoms with Crippen LogP contribution in [-0.2, 0) is 9.59 Å². The Morgan fingerprint density at radius 1 is 0.311 bits per heavy atom. The van der Waals surface area contributed by atoms with Crippen molar-refractivity contribution in [2.45, 2.75) is 206 Å². The number of rotatable bonds is 30. The average molecular weight is 1440 g/mol. The van der Waals surface area contributed by atoms with Crippen LogP contribution < -0.4 is 0 Å². The smallest absolute Gasteiger partial charge is 0.336 e. The van der Waals surface area contributed by atoms with E-state index in [1.807, 2.05) is 26.0 Å². The highest BCUT2D eigenvalue weighted by molar-refractivity contribution is 5.92. The number of hydrogen-bond donors (Lipinski definition) is 8. The summed E-state index contributed by atoms with van der Waals surface area (Å²) in [5.74, 6) is -7.68. The van der Waals surface area contributed by atoms with Crippen molar-refractivity contribution < 1.29 is 98.9 Å². The van der Waals surface area contributed by atoms with Gasteiger partial charge in [0.25, 0.3) is 22.7 Å². The first kappa shape index (κ1) is 98.1. The number of carboxylic acid groups (broad SMARTS) is 8. The molecule has 8 N–H and O–H groups in total. The normalized spacial score (nSPS) is 9.60. The summed E-state index contributed by atoms with van der Waals surface area (Å²) in [4.78, 5) is 122. The summed E-state index contributed by atoms with van der Waals surface area (Å²) in [5, 5.41) is 110. The number of aliphatic carboxylic acids is 2. The second-order valence-corrected chi connectivity index (χ2v) is 22.9. The predicted octanol–water partition coefficient (Wildman–Crippen LogP) is 19.4. The largest absolute Gasteiger partial charge is 0.481 e. The number of carboxylic acids is 8. The predicted molar refractivity (Wildman–Crippen MR) is 393 cm³/mol. The summed E-state index contributed by atoms with van der Waals surface area (Å²) in [7, 11) is 0. The van der Waals surface area contributed by atoms with E-state index in [0.717, 1.165) is 60.6 Å². The van der Waals surface area contributed by atoms with Gasteiger partial charge in [0.15, 0.2) is 0 Å². The zero-order valence-electron chi connectivity index (χ0n) is 58.5. The van der Waals surface area contributed by atoms with Gasteiger partial charge in [-0.2, -0.15) is 0 Å². The van der Waals surface area contributed by atoms with Crippen LogP contribution in [0.4, 0.5) is 22.7 Å². The van der Waals surface area contributed by atoms with Crippen molar-refractivity contribution in [1.82, 2.24) is 0 Å². The van der Waals surface area contributed by atoms with Crippen LogP contribution in [0.1, 0.15) is 258 Å². The molecule has 0 atom stereocenters. The molecule has 0 bridgehead atoms. The van der Waals surface area contributed by atoms with Crippen LogP contribution >= 0.6 is 0 Å². The Bertz CT molecular complexity index is 3610. The topological polar surface area (TPSA) is 471 Å². The molecule has 6 rings (SSSR count). The zero-order valence-corrected chi connectivity index (χ0v) is 58.5. The molecule has 0 heterocycles. The van der Waals surface area contributed by atoms with Gasteiger partial charge in [0.2, 0.25) is 0 Å². The number of aromatic carboxylic acids is 6. The molecule has 0 aliphatic carbocycles. The van der Waals surface area contributed by atoms with E-state index in [-0.39, 0.29) is 48.5 Å². The molecule has 6 aromatic rings. The molecule has 0 aliphatic rings. The van der Waals surface area contributed by atoms with E-state index in [0.29, 0.717) is 40.7 Å². The SMILES string of the molecule is C.C.CCCCCCCCCCC(=O)O.CCCCCCCCCCCCC(=O)O.Cc1c(C(=O)O)cc([N+](=O)[O-])cc1[N+](=O)[O-].Cc1cc(C(=O)O)c(C)c([N+](=O)[O-])c1.Cc1ccc(C(=O)O)cc1.Cc1ccc(C(=O)O)cc1[N+](=O)[O-].Cc1cccc(C(=O)O)c1.Cc1ccccc1C(=O)O. The number of hydrogen-bond acceptors (Lipinski definition) is 16. The van der Waals surface area contributed by atoms with Crippen LogP contribution in [0.25, 0.3) is 0 Å². The lowest BCUT2D eigenvalue weighted by atomic mass is 10.0. The molecule has 0 saturated carbocycles. The minimum Gasteiger partial charge on any atom is -0.481 e. The standard InChI is InChI=1S/C13H26O2.C11H22O2.C9H9NO4.C8H6N2O6.C8H7NO4.3C8H8O2.2CH4/c1-2-3-4-5-6-7-8-9-10-11-12-13(14)15;1-2-3-4-5-6-7-8-9-10-11(12)13;1-5-3-7(9(11)12)6(2)8(4-5)10(13)14;1-4-6(8(11)12)2-5(9(13)14)3-7(4)10(15)16;1-5-2-3-6(8(10)11)4-7(5)9(12)13;1-6-2-4-7(5-3-6)8(9)10;1-6-3-2-4-7(5-6)8(9)10;1-6-4-2-3-5-7(6)8(9)10;;/h2-12H2,1H3,(H,14,15);2-10H2,1H3,(H,12,13);3-4H,1-2H3,(H,11,12);2-3H,1H3,(H,11,12);2-4H,1H3,(H,10,11);3*2-5H,1H3,(H,9,10);2*1H4. The van der Waals surface area contributed by atoms with E-state index in [9.17, 15) is 78.8 Å². The molecule has 0 radical (unpaired) electrons. The summed E-state index contributed by atoms with van der Waals surface area (Å²) in [6.45, 7) is 15.9. The Balaban J connectivity index is -0.000000545. The molecule has 0 spiro atoms. The summed E-state index contributed by atoms with van der Waals surface area (Å²) < 4.78 is 0. The van der Waals surface area contributed by atoms with Gasteiger partial charge in [0, 0.05) is 47.7 Å². The highest BCUT2D eigenvalue weighted by Crippen LogP contribution is 2.28. The lowest BCUT2D eigenvalue weighted by Gasteiger charge is -2.03. The van der Waals surface area contributed by atoms with Crippen LogP contribution in [0, 0.1) is 88.9 Å². The van der Waals surface area contributed by atoms with Crippen LogP contribution in [0.2, 0.25) is 0 Å². The van der Waals surface area contributed by atoms with Gasteiger partial charge >= 0.3 is 47.8 Å². The van der Waals surface area contributed by atoms with E-state index in [4.69, 9.17) is 40.9 Å². The van der Waals surface area contributed by atoms with E-state index in [1.54, 1.807) is 81.4 Å². The number of unbranched alkanes of at least 4 members (excludes halogenated alkanes) is 16. The first-order chi connectivity index (χ1) is 47.4. The second kappa shape index (κ2) is 55.5. The Labute approximate surface area is 600 Å². The second-order valence-electron chi connectivity index (χ2n) is 22.9. The molecular formula is C75H102N4O24. The molecule has 0 unspecified atom stereocenters. The van der Waals surface area contributed by atoms with Crippen molar-refractivity contribution in [1.29, 1.82) is 0 Å². The third-order valence-corrected chi connectivity index (χ3v) is 14.5. The fourth-order valence-electron chi connectivity index (χ4n) is 8.85. The molecule has 28 heteroatoms. The molecule has 0 amide bonds. The van der Waals surface area contributed by atoms with Gasteiger partial charge in [-0.25, -0.2) is 28.8 Å². The van der Waals surface area contributed by atoms with Gasteiger partial charge in [-0.15, -0.1) is 0 Å². The van der Waals surface area contributed by atoms with Gasteiger partial charge < -0.3 is 40.9 Å². The number of nitro groups is 4. The molecule has 0 aromatic heterocycles. The van der Waals surface area contributed by atoms with Gasteiger partial charge in [-0.1, -0.05) is 191 Å². The van der Waals surface area contributed by atoms with Crippen molar-refractivity contribution in [3.8, 4) is 0 Å². The first-order valence-corrected chi connectivity index (χ1v) is 32.4. The maximum absolute atomic E-state index is 10.7. The van der Waals surface area contributed by atoms with Gasteiger partial charge in [0.05, 0.1) is 59.1 Å². The number of non-ortho nitro benzene ring substituents is 1. The number of benzene rings is 6.